The second kappa shape index (κ2) is 11.4. The second-order valence-corrected chi connectivity index (χ2v) is 8.12. The molecule has 8 heteroatoms. The maximum absolute atomic E-state index is 11.1. The van der Waals surface area contributed by atoms with Crippen molar-refractivity contribution >= 4 is 39.8 Å². The van der Waals surface area contributed by atoms with Gasteiger partial charge < -0.3 is 15.5 Å². The molecule has 0 aromatic carbocycles. The standard InChI is InChI=1S/C14H30N4O2S.HI/c1-13(7-12-21(3,19)20)17-14(15-2)16-8-6-11-18-9-4-5-10-18;/h13H,4-12H2,1-3H3,(H2,15,16,17);1H. The van der Waals surface area contributed by atoms with Crippen LogP contribution in [0.1, 0.15) is 32.6 Å². The zero-order valence-electron chi connectivity index (χ0n) is 14.0. The molecule has 1 fully saturated rings. The molecule has 6 nitrogen and oxygen atoms in total. The summed E-state index contributed by atoms with van der Waals surface area (Å²) >= 11 is 0. The molecule has 1 aliphatic heterocycles. The van der Waals surface area contributed by atoms with Gasteiger partial charge in [-0.3, -0.25) is 4.99 Å². The highest BCUT2D eigenvalue weighted by Crippen LogP contribution is 2.06. The Balaban J connectivity index is 0.00000441. The molecule has 1 heterocycles. The topological polar surface area (TPSA) is 73.8 Å². The maximum Gasteiger partial charge on any atom is 0.191 e. The molecule has 0 aliphatic carbocycles. The first-order valence-electron chi connectivity index (χ1n) is 7.78. The van der Waals surface area contributed by atoms with E-state index in [9.17, 15) is 8.42 Å². The van der Waals surface area contributed by atoms with Crippen molar-refractivity contribution in [2.75, 3.05) is 45.2 Å². The highest BCUT2D eigenvalue weighted by molar-refractivity contribution is 14.0. The van der Waals surface area contributed by atoms with E-state index in [0.717, 1.165) is 25.5 Å². The highest BCUT2D eigenvalue weighted by atomic mass is 127. The third-order valence-corrected chi connectivity index (χ3v) is 4.65. The predicted molar refractivity (Wildman–Crippen MR) is 104 cm³/mol. The molecule has 0 radical (unpaired) electrons. The van der Waals surface area contributed by atoms with Crippen molar-refractivity contribution in [3.8, 4) is 0 Å². The normalized spacial score (nSPS) is 17.9. The third-order valence-electron chi connectivity index (χ3n) is 3.67. The molecular weight excluding hydrogens is 415 g/mol. The summed E-state index contributed by atoms with van der Waals surface area (Å²) in [5.41, 5.74) is 0. The Morgan fingerprint density at radius 1 is 1.32 bits per heavy atom. The summed E-state index contributed by atoms with van der Waals surface area (Å²) in [6, 6.07) is 0.0875. The van der Waals surface area contributed by atoms with Crippen molar-refractivity contribution in [3.05, 3.63) is 0 Å². The smallest absolute Gasteiger partial charge is 0.191 e. The highest BCUT2D eigenvalue weighted by Gasteiger charge is 2.11. The van der Waals surface area contributed by atoms with E-state index in [0.29, 0.717) is 6.42 Å². The van der Waals surface area contributed by atoms with E-state index in [1.807, 2.05) is 6.92 Å². The van der Waals surface area contributed by atoms with Gasteiger partial charge in [0.2, 0.25) is 0 Å². The Labute approximate surface area is 152 Å². The first kappa shape index (κ1) is 21.9. The lowest BCUT2D eigenvalue weighted by Gasteiger charge is -2.19. The Morgan fingerprint density at radius 3 is 2.50 bits per heavy atom. The molecule has 22 heavy (non-hydrogen) atoms. The Morgan fingerprint density at radius 2 is 1.95 bits per heavy atom. The van der Waals surface area contributed by atoms with Crippen molar-refractivity contribution in [1.82, 2.24) is 15.5 Å². The average molecular weight is 446 g/mol. The summed E-state index contributed by atoms with van der Waals surface area (Å²) in [5.74, 6) is 0.949. The van der Waals surface area contributed by atoms with Crippen LogP contribution in [0.25, 0.3) is 0 Å². The van der Waals surface area contributed by atoms with E-state index in [1.54, 1.807) is 7.05 Å². The number of sulfone groups is 1. The molecule has 1 atom stereocenters. The summed E-state index contributed by atoms with van der Waals surface area (Å²) in [4.78, 5) is 6.67. The molecule has 0 spiro atoms. The van der Waals surface area contributed by atoms with Crippen LogP contribution in [-0.4, -0.2) is 70.6 Å². The van der Waals surface area contributed by atoms with Gasteiger partial charge in [-0.2, -0.15) is 0 Å². The number of hydrogen-bond acceptors (Lipinski definition) is 4. The van der Waals surface area contributed by atoms with Gasteiger partial charge in [-0.1, -0.05) is 0 Å². The van der Waals surface area contributed by atoms with E-state index in [-0.39, 0.29) is 35.8 Å². The molecule has 0 aromatic heterocycles. The number of halogens is 1. The molecule has 1 aliphatic rings. The van der Waals surface area contributed by atoms with Gasteiger partial charge in [0.25, 0.3) is 0 Å². The van der Waals surface area contributed by atoms with Crippen LogP contribution in [-0.2, 0) is 9.84 Å². The zero-order chi connectivity index (χ0) is 15.7. The van der Waals surface area contributed by atoms with Crippen LogP contribution in [0.2, 0.25) is 0 Å². The first-order chi connectivity index (χ1) is 9.90. The summed E-state index contributed by atoms with van der Waals surface area (Å²) in [6.45, 7) is 6.45. The number of aliphatic imine (C=N–C) groups is 1. The van der Waals surface area contributed by atoms with Crippen LogP contribution < -0.4 is 10.6 Å². The Kier molecular flexibility index (Phi) is 11.4. The lowest BCUT2D eigenvalue weighted by atomic mass is 10.3. The van der Waals surface area contributed by atoms with Crippen molar-refractivity contribution < 1.29 is 8.42 Å². The van der Waals surface area contributed by atoms with E-state index in [4.69, 9.17) is 0 Å². The van der Waals surface area contributed by atoms with Crippen molar-refractivity contribution in [2.24, 2.45) is 4.99 Å². The molecule has 0 aromatic rings. The molecule has 1 saturated heterocycles. The van der Waals surface area contributed by atoms with Crippen molar-refractivity contribution in [2.45, 2.75) is 38.6 Å². The first-order valence-corrected chi connectivity index (χ1v) is 9.84. The lowest BCUT2D eigenvalue weighted by Crippen LogP contribution is -2.43. The minimum absolute atomic E-state index is 0. The lowest BCUT2D eigenvalue weighted by molar-refractivity contribution is 0.334. The van der Waals surface area contributed by atoms with Crippen LogP contribution in [0.15, 0.2) is 4.99 Å². The van der Waals surface area contributed by atoms with Crippen LogP contribution in [0.3, 0.4) is 0 Å². The predicted octanol–water partition coefficient (Wildman–Crippen LogP) is 1.08. The van der Waals surface area contributed by atoms with Crippen LogP contribution in [0.4, 0.5) is 0 Å². The molecule has 2 N–H and O–H groups in total. The summed E-state index contributed by atoms with van der Waals surface area (Å²) in [5, 5.41) is 6.51. The number of nitrogens with zero attached hydrogens (tertiary/aromatic N) is 2. The summed E-state index contributed by atoms with van der Waals surface area (Å²) < 4.78 is 22.3. The fourth-order valence-corrected chi connectivity index (χ4v) is 3.19. The number of guanidine groups is 1. The fraction of sp³-hybridized carbons (Fsp3) is 0.929. The zero-order valence-corrected chi connectivity index (χ0v) is 17.1. The van der Waals surface area contributed by atoms with Gasteiger partial charge in [0.05, 0.1) is 5.75 Å². The molecule has 0 amide bonds. The summed E-state index contributed by atoms with van der Waals surface area (Å²) in [7, 11) is -1.16. The van der Waals surface area contributed by atoms with Gasteiger partial charge in [-0.05, 0) is 52.2 Å². The SMILES string of the molecule is CN=C(NCCCN1CCCC1)NC(C)CCS(C)(=O)=O.I. The average Bonchev–Trinajstić information content (AvgIpc) is 2.92. The van der Waals surface area contributed by atoms with Crippen LogP contribution in [0.5, 0.6) is 0 Å². The minimum Gasteiger partial charge on any atom is -0.356 e. The van der Waals surface area contributed by atoms with Gasteiger partial charge in [0, 0.05) is 25.9 Å². The number of nitrogens with one attached hydrogen (secondary N) is 2. The maximum atomic E-state index is 11.1. The van der Waals surface area contributed by atoms with Crippen LogP contribution >= 0.6 is 24.0 Å². The van der Waals surface area contributed by atoms with E-state index in [2.05, 4.69) is 20.5 Å². The Bertz CT molecular complexity index is 423. The van der Waals surface area contributed by atoms with Crippen molar-refractivity contribution in [1.29, 1.82) is 0 Å². The molecule has 1 unspecified atom stereocenters. The minimum atomic E-state index is -2.90. The van der Waals surface area contributed by atoms with Crippen molar-refractivity contribution in [3.63, 3.8) is 0 Å². The number of hydrogen-bond donors (Lipinski definition) is 2. The van der Waals surface area contributed by atoms with E-state index in [1.165, 1.54) is 32.2 Å². The fourth-order valence-electron chi connectivity index (χ4n) is 2.41. The monoisotopic (exact) mass is 446 g/mol. The molecule has 0 bridgehead atoms. The molecule has 132 valence electrons. The molecule has 0 saturated carbocycles. The van der Waals surface area contributed by atoms with Gasteiger partial charge >= 0.3 is 0 Å². The van der Waals surface area contributed by atoms with Gasteiger partial charge in [0.1, 0.15) is 9.84 Å². The molecule has 1 rings (SSSR count). The second-order valence-electron chi connectivity index (χ2n) is 5.87. The van der Waals surface area contributed by atoms with E-state index < -0.39 is 9.84 Å². The quantitative estimate of drug-likeness (QED) is 0.253. The summed E-state index contributed by atoms with van der Waals surface area (Å²) in [6.07, 6.45) is 5.61. The Hall–Kier alpha value is -0.0900. The van der Waals surface area contributed by atoms with Gasteiger partial charge in [0.15, 0.2) is 5.96 Å². The largest absolute Gasteiger partial charge is 0.356 e. The number of rotatable bonds is 8. The number of likely N-dealkylation sites (tertiary alicyclic amines) is 1. The molecular formula is C14H31IN4O2S. The van der Waals surface area contributed by atoms with Crippen LogP contribution in [0, 0.1) is 0 Å². The van der Waals surface area contributed by atoms with Gasteiger partial charge in [-0.15, -0.1) is 24.0 Å². The van der Waals surface area contributed by atoms with E-state index >= 15 is 0 Å². The third kappa shape index (κ3) is 10.6. The van der Waals surface area contributed by atoms with Gasteiger partial charge in [-0.25, -0.2) is 8.42 Å².